The highest BCUT2D eigenvalue weighted by atomic mass is 16.5. The number of hydrogen-bond acceptors (Lipinski definition) is 10. The van der Waals surface area contributed by atoms with Crippen LogP contribution in [0.5, 0.6) is 11.5 Å². The predicted octanol–water partition coefficient (Wildman–Crippen LogP) is 16.1. The molecule has 0 heterocycles. The lowest BCUT2D eigenvalue weighted by Crippen LogP contribution is -2.17. The van der Waals surface area contributed by atoms with Crippen LogP contribution in [0.25, 0.3) is 22.3 Å². The summed E-state index contributed by atoms with van der Waals surface area (Å²) >= 11 is 0. The van der Waals surface area contributed by atoms with Gasteiger partial charge in [0.1, 0.15) is 22.9 Å². The molecule has 2 N–H and O–H groups in total. The minimum Gasteiger partial charge on any atom is -0.507 e. The van der Waals surface area contributed by atoms with Crippen LogP contribution in [0.1, 0.15) is 211 Å². The maximum atomic E-state index is 13.7. The summed E-state index contributed by atoms with van der Waals surface area (Å²) in [5, 5.41) is 41.1. The molecular formula is C68H78N4O6. The highest BCUT2D eigenvalue weighted by molar-refractivity contribution is 6.27. The molecule has 0 bridgehead atoms. The van der Waals surface area contributed by atoms with Crippen molar-refractivity contribution in [1.82, 2.24) is 0 Å². The Hall–Kier alpha value is -7.46. The number of phenols is 2. The zero-order valence-corrected chi connectivity index (χ0v) is 47.9. The topological polar surface area (TPSA) is 142 Å². The Bertz CT molecular complexity index is 3060. The SMILES string of the molecule is CC(C)(C)c1cc(C=NN=C2c3ccccc3-c3c(C(=O)OCCCCCCCCCCOC(=O)c4cccc5c4-c4ccccc4C5=NN=Cc4cc(C(C)(C)C)c(O)c(C(C)(C)C)c4)cccc32)cc(C(C)(C)C)c1O. The van der Waals surface area contributed by atoms with E-state index in [-0.39, 0.29) is 33.6 Å². The van der Waals surface area contributed by atoms with E-state index in [9.17, 15) is 19.8 Å². The number of rotatable bonds is 17. The van der Waals surface area contributed by atoms with Crippen molar-refractivity contribution in [1.29, 1.82) is 0 Å². The first-order valence-electron chi connectivity index (χ1n) is 27.7. The quantitative estimate of drug-likeness (QED) is 0.0402. The third-order valence-corrected chi connectivity index (χ3v) is 14.7. The molecular weight excluding hydrogens is 969 g/mol. The van der Waals surface area contributed by atoms with E-state index >= 15 is 0 Å². The molecule has 6 aromatic rings. The van der Waals surface area contributed by atoms with Crippen LogP contribution in [0.15, 0.2) is 130 Å². The van der Waals surface area contributed by atoms with Crippen LogP contribution in [0.2, 0.25) is 0 Å². The molecule has 2 aliphatic carbocycles. The second kappa shape index (κ2) is 23.2. The zero-order valence-electron chi connectivity index (χ0n) is 47.9. The van der Waals surface area contributed by atoms with E-state index in [0.29, 0.717) is 47.3 Å². The lowest BCUT2D eigenvalue weighted by atomic mass is 9.78. The Morgan fingerprint density at radius 3 is 1.03 bits per heavy atom. The highest BCUT2D eigenvalue weighted by Gasteiger charge is 2.33. The van der Waals surface area contributed by atoms with Crippen molar-refractivity contribution in [3.8, 4) is 33.8 Å². The molecule has 0 aliphatic heterocycles. The molecule has 0 spiro atoms. The second-order valence-corrected chi connectivity index (χ2v) is 25.0. The zero-order chi connectivity index (χ0) is 56.2. The molecule has 0 atom stereocenters. The Labute approximate surface area is 462 Å². The van der Waals surface area contributed by atoms with Crippen LogP contribution in [0, 0.1) is 0 Å². The molecule has 78 heavy (non-hydrogen) atoms. The standard InChI is InChI=1S/C68H78N4O6/c1-65(2,3)53-37-43(38-54(61(53)73)66(4,5)6)41-69-71-59-47-29-21-19-27-45(47)57-49(59)31-25-33-51(57)63(75)77-35-23-17-15-13-14-16-18-24-36-78-64(76)52-34-26-32-50-58(52)46-28-20-22-30-48(46)60(50)72-70-42-44-39-55(67(7,8)9)62(74)56(40-44)68(10,11)12/h19-22,25-34,37-42,73-74H,13-18,23-24,35-36H2,1-12H3. The van der Waals surface area contributed by atoms with E-state index in [1.165, 1.54) is 0 Å². The molecule has 2 aliphatic rings. The molecule has 10 heteroatoms. The molecule has 0 radical (unpaired) electrons. The normalized spacial score (nSPS) is 14.3. The minimum absolute atomic E-state index is 0.269. The van der Waals surface area contributed by atoms with Crippen LogP contribution in [-0.2, 0) is 31.1 Å². The maximum Gasteiger partial charge on any atom is 0.338 e. The van der Waals surface area contributed by atoms with Gasteiger partial charge in [-0.15, -0.1) is 10.2 Å². The minimum atomic E-state index is -0.349. The predicted molar refractivity (Wildman–Crippen MR) is 319 cm³/mol. The first-order chi connectivity index (χ1) is 36.9. The van der Waals surface area contributed by atoms with Crippen molar-refractivity contribution in [3.05, 3.63) is 176 Å². The van der Waals surface area contributed by atoms with Crippen LogP contribution >= 0.6 is 0 Å². The van der Waals surface area contributed by atoms with Gasteiger partial charge in [-0.05, 0) is 93.2 Å². The summed E-state index contributed by atoms with van der Waals surface area (Å²) in [4.78, 5) is 27.3. The van der Waals surface area contributed by atoms with E-state index < -0.39 is 0 Å². The van der Waals surface area contributed by atoms with Gasteiger partial charge in [0.2, 0.25) is 0 Å². The summed E-state index contributed by atoms with van der Waals surface area (Å²) < 4.78 is 11.7. The smallest absolute Gasteiger partial charge is 0.338 e. The number of unbranched alkanes of at least 4 members (excludes halogenated alkanes) is 7. The highest BCUT2D eigenvalue weighted by Crippen LogP contribution is 2.44. The number of ether oxygens (including phenoxy) is 2. The van der Waals surface area contributed by atoms with Gasteiger partial charge in [-0.1, -0.05) is 194 Å². The lowest BCUT2D eigenvalue weighted by molar-refractivity contribution is 0.0488. The summed E-state index contributed by atoms with van der Waals surface area (Å²) in [5.41, 5.74) is 13.4. The third kappa shape index (κ3) is 12.6. The molecule has 6 aromatic carbocycles. The number of carbonyl (C=O) groups excluding carboxylic acids is 2. The van der Waals surface area contributed by atoms with Gasteiger partial charge in [-0.25, -0.2) is 9.59 Å². The van der Waals surface area contributed by atoms with Gasteiger partial charge < -0.3 is 19.7 Å². The Morgan fingerprint density at radius 1 is 0.410 bits per heavy atom. The van der Waals surface area contributed by atoms with Crippen LogP contribution in [0.4, 0.5) is 0 Å². The van der Waals surface area contributed by atoms with Crippen LogP contribution < -0.4 is 0 Å². The summed E-state index contributed by atoms with van der Waals surface area (Å²) in [6.07, 6.45) is 11.2. The van der Waals surface area contributed by atoms with Crippen molar-refractivity contribution in [2.75, 3.05) is 13.2 Å². The van der Waals surface area contributed by atoms with Gasteiger partial charge in [0.25, 0.3) is 0 Å². The lowest BCUT2D eigenvalue weighted by Gasteiger charge is -2.27. The molecule has 0 amide bonds. The number of aromatic hydroxyl groups is 2. The average molecular weight is 1050 g/mol. The molecule has 0 saturated carbocycles. The van der Waals surface area contributed by atoms with E-state index in [1.54, 1.807) is 12.4 Å². The monoisotopic (exact) mass is 1050 g/mol. The van der Waals surface area contributed by atoms with Crippen molar-refractivity contribution < 1.29 is 29.3 Å². The second-order valence-electron chi connectivity index (χ2n) is 25.0. The molecule has 406 valence electrons. The fourth-order valence-corrected chi connectivity index (χ4v) is 10.5. The number of phenolic OH excluding ortho intramolecular Hbond substituents is 2. The summed E-state index contributed by atoms with van der Waals surface area (Å²) in [5.74, 6) is -0.0561. The Balaban J connectivity index is 0.794. The molecule has 0 saturated heterocycles. The van der Waals surface area contributed by atoms with Crippen molar-refractivity contribution in [2.45, 2.75) is 156 Å². The van der Waals surface area contributed by atoms with Crippen LogP contribution in [-0.4, -0.2) is 59.2 Å². The van der Waals surface area contributed by atoms with Crippen molar-refractivity contribution in [3.63, 3.8) is 0 Å². The van der Waals surface area contributed by atoms with Gasteiger partial charge in [-0.3, -0.25) is 0 Å². The number of carbonyl (C=O) groups is 2. The Morgan fingerprint density at radius 2 is 0.705 bits per heavy atom. The maximum absolute atomic E-state index is 13.7. The van der Waals surface area contributed by atoms with Crippen LogP contribution in [0.3, 0.4) is 0 Å². The summed E-state index contributed by atoms with van der Waals surface area (Å²) in [6, 6.07) is 35.2. The number of benzene rings is 6. The molecule has 0 unspecified atom stereocenters. The van der Waals surface area contributed by atoms with Crippen molar-refractivity contribution in [2.24, 2.45) is 20.4 Å². The molecule has 10 nitrogen and oxygen atoms in total. The Kier molecular flexibility index (Phi) is 16.9. The molecule has 0 aromatic heterocycles. The largest absolute Gasteiger partial charge is 0.507 e. The molecule has 8 rings (SSSR count). The van der Waals surface area contributed by atoms with Gasteiger partial charge in [0.15, 0.2) is 0 Å². The van der Waals surface area contributed by atoms with Gasteiger partial charge in [0, 0.05) is 55.6 Å². The number of fused-ring (bicyclic) bond motifs is 6. The first-order valence-corrected chi connectivity index (χ1v) is 27.7. The van der Waals surface area contributed by atoms with Gasteiger partial charge in [-0.2, -0.15) is 10.2 Å². The summed E-state index contributed by atoms with van der Waals surface area (Å²) in [7, 11) is 0. The summed E-state index contributed by atoms with van der Waals surface area (Å²) in [6.45, 7) is 25.8. The number of nitrogens with zero attached hydrogens (tertiary/aromatic N) is 4. The van der Waals surface area contributed by atoms with E-state index in [1.807, 2.05) is 109 Å². The van der Waals surface area contributed by atoms with Gasteiger partial charge in [0.05, 0.1) is 36.8 Å². The number of esters is 2. The van der Waals surface area contributed by atoms with E-state index in [2.05, 4.69) is 93.3 Å². The first kappa shape index (κ1) is 56.7. The van der Waals surface area contributed by atoms with E-state index in [4.69, 9.17) is 19.7 Å². The molecule has 0 fully saturated rings. The third-order valence-electron chi connectivity index (χ3n) is 14.7. The fraction of sp³-hybridized carbons (Fsp3) is 0.382. The van der Waals surface area contributed by atoms with Gasteiger partial charge >= 0.3 is 11.9 Å². The van der Waals surface area contributed by atoms with E-state index in [0.717, 1.165) is 129 Å². The fourth-order valence-electron chi connectivity index (χ4n) is 10.5. The van der Waals surface area contributed by atoms with Crippen molar-refractivity contribution >= 4 is 35.8 Å². The number of hydrogen-bond donors (Lipinski definition) is 2. The average Bonchev–Trinajstić information content (AvgIpc) is 4.04.